The van der Waals surface area contributed by atoms with E-state index in [9.17, 15) is 9.59 Å². The van der Waals surface area contributed by atoms with E-state index in [0.717, 1.165) is 25.9 Å². The first kappa shape index (κ1) is 19.3. The summed E-state index contributed by atoms with van der Waals surface area (Å²) in [4.78, 5) is 30.0. The van der Waals surface area contributed by atoms with E-state index in [0.29, 0.717) is 39.0 Å². The van der Waals surface area contributed by atoms with E-state index < -0.39 is 0 Å². The lowest BCUT2D eigenvalue weighted by Crippen LogP contribution is -2.34. The van der Waals surface area contributed by atoms with Crippen LogP contribution in [-0.4, -0.2) is 44.0 Å². The van der Waals surface area contributed by atoms with Crippen LogP contribution in [0.5, 0.6) is 11.5 Å². The standard InChI is InChI=1S/C22H21ClN2O4/c1-28-16-8-5-14(6-9-16)19-20(24-11-3-4-12-24)22(27)25(21(19)26)15-7-10-18(29-2)17(23)13-15/h5-10,13H,3-4,11-12H2,1-2H3. The Kier molecular flexibility index (Phi) is 5.20. The lowest BCUT2D eigenvalue weighted by atomic mass is 10.0. The van der Waals surface area contributed by atoms with Crippen molar-refractivity contribution in [3.8, 4) is 11.5 Å². The first-order valence-electron chi connectivity index (χ1n) is 9.41. The van der Waals surface area contributed by atoms with Crippen LogP contribution >= 0.6 is 11.6 Å². The number of benzene rings is 2. The molecule has 0 aliphatic carbocycles. The minimum atomic E-state index is -0.358. The summed E-state index contributed by atoms with van der Waals surface area (Å²) in [5, 5.41) is 0.339. The number of imide groups is 1. The molecule has 2 aliphatic rings. The number of methoxy groups -OCH3 is 2. The Hall–Kier alpha value is -2.99. The van der Waals surface area contributed by atoms with Crippen LogP contribution in [0, 0.1) is 0 Å². The first-order chi connectivity index (χ1) is 14.0. The van der Waals surface area contributed by atoms with Crippen LogP contribution < -0.4 is 14.4 Å². The number of likely N-dealkylation sites (tertiary alicyclic amines) is 1. The number of hydrogen-bond acceptors (Lipinski definition) is 5. The van der Waals surface area contributed by atoms with E-state index >= 15 is 0 Å². The van der Waals surface area contributed by atoms with Gasteiger partial charge in [0, 0.05) is 13.1 Å². The number of carbonyl (C=O) groups is 2. The van der Waals surface area contributed by atoms with Gasteiger partial charge in [0.05, 0.1) is 30.5 Å². The zero-order chi connectivity index (χ0) is 20.5. The molecule has 0 unspecified atom stereocenters. The summed E-state index contributed by atoms with van der Waals surface area (Å²) in [7, 11) is 3.10. The number of amides is 2. The molecule has 4 rings (SSSR count). The average molecular weight is 413 g/mol. The van der Waals surface area contributed by atoms with Gasteiger partial charge in [-0.1, -0.05) is 23.7 Å². The fourth-order valence-corrected chi connectivity index (χ4v) is 4.05. The minimum Gasteiger partial charge on any atom is -0.497 e. The number of anilines is 1. The van der Waals surface area contributed by atoms with Gasteiger partial charge in [0.15, 0.2) is 0 Å². The van der Waals surface area contributed by atoms with E-state index in [2.05, 4.69) is 0 Å². The fraction of sp³-hybridized carbons (Fsp3) is 0.273. The molecule has 0 spiro atoms. The summed E-state index contributed by atoms with van der Waals surface area (Å²) in [6.07, 6.45) is 1.99. The third kappa shape index (κ3) is 3.34. The van der Waals surface area contributed by atoms with Gasteiger partial charge >= 0.3 is 0 Å². The smallest absolute Gasteiger partial charge is 0.282 e. The number of carbonyl (C=O) groups excluding carboxylic acids is 2. The van der Waals surface area contributed by atoms with Gasteiger partial charge in [0.1, 0.15) is 17.2 Å². The van der Waals surface area contributed by atoms with Crippen LogP contribution in [0.15, 0.2) is 48.2 Å². The van der Waals surface area contributed by atoms with Gasteiger partial charge in [0.2, 0.25) is 0 Å². The molecule has 0 aromatic heterocycles. The molecule has 2 aromatic rings. The van der Waals surface area contributed by atoms with Crippen LogP contribution in [-0.2, 0) is 9.59 Å². The Morgan fingerprint density at radius 3 is 2.17 bits per heavy atom. The zero-order valence-electron chi connectivity index (χ0n) is 16.3. The highest BCUT2D eigenvalue weighted by Crippen LogP contribution is 2.38. The fourth-order valence-electron chi connectivity index (χ4n) is 3.80. The van der Waals surface area contributed by atoms with Gasteiger partial charge in [-0.05, 0) is 48.7 Å². The molecule has 0 radical (unpaired) electrons. The maximum atomic E-state index is 13.4. The van der Waals surface area contributed by atoms with Gasteiger partial charge in [-0.15, -0.1) is 0 Å². The lowest BCUT2D eigenvalue weighted by molar-refractivity contribution is -0.120. The first-order valence-corrected chi connectivity index (χ1v) is 9.79. The molecule has 150 valence electrons. The average Bonchev–Trinajstić information content (AvgIpc) is 3.34. The lowest BCUT2D eigenvalue weighted by Gasteiger charge is -2.20. The number of ether oxygens (including phenoxy) is 2. The van der Waals surface area contributed by atoms with Crippen LogP contribution in [0.4, 0.5) is 5.69 Å². The Morgan fingerprint density at radius 2 is 1.59 bits per heavy atom. The molecule has 0 N–H and O–H groups in total. The van der Waals surface area contributed by atoms with Crippen molar-refractivity contribution < 1.29 is 19.1 Å². The molecule has 29 heavy (non-hydrogen) atoms. The van der Waals surface area contributed by atoms with E-state index in [4.69, 9.17) is 21.1 Å². The molecular weight excluding hydrogens is 392 g/mol. The van der Waals surface area contributed by atoms with Gasteiger partial charge < -0.3 is 14.4 Å². The van der Waals surface area contributed by atoms with Crippen molar-refractivity contribution in [3.63, 3.8) is 0 Å². The van der Waals surface area contributed by atoms with Crippen LogP contribution in [0.3, 0.4) is 0 Å². The van der Waals surface area contributed by atoms with E-state index in [-0.39, 0.29) is 11.8 Å². The van der Waals surface area contributed by atoms with E-state index in [1.807, 2.05) is 4.90 Å². The maximum Gasteiger partial charge on any atom is 0.282 e. The van der Waals surface area contributed by atoms with Crippen LogP contribution in [0.1, 0.15) is 18.4 Å². The van der Waals surface area contributed by atoms with E-state index in [1.54, 1.807) is 49.6 Å². The molecular formula is C22H21ClN2O4. The van der Waals surface area contributed by atoms with Crippen molar-refractivity contribution in [1.82, 2.24) is 4.90 Å². The second kappa shape index (κ2) is 7.79. The van der Waals surface area contributed by atoms with Crippen molar-refractivity contribution in [1.29, 1.82) is 0 Å². The summed E-state index contributed by atoms with van der Waals surface area (Å²) in [5.41, 5.74) is 1.97. The molecule has 2 amide bonds. The monoisotopic (exact) mass is 412 g/mol. The number of halogens is 1. The number of hydrogen-bond donors (Lipinski definition) is 0. The molecule has 2 aromatic carbocycles. The van der Waals surface area contributed by atoms with Crippen molar-refractivity contribution in [2.75, 3.05) is 32.2 Å². The van der Waals surface area contributed by atoms with Crippen molar-refractivity contribution in [2.24, 2.45) is 0 Å². The van der Waals surface area contributed by atoms with Crippen LogP contribution in [0.2, 0.25) is 5.02 Å². The third-order valence-electron chi connectivity index (χ3n) is 5.25. The predicted molar refractivity (Wildman–Crippen MR) is 111 cm³/mol. The van der Waals surface area contributed by atoms with Crippen molar-refractivity contribution >= 4 is 34.7 Å². The largest absolute Gasteiger partial charge is 0.497 e. The van der Waals surface area contributed by atoms with Crippen molar-refractivity contribution in [3.05, 3.63) is 58.7 Å². The van der Waals surface area contributed by atoms with Gasteiger partial charge in [0.25, 0.3) is 11.8 Å². The molecule has 1 saturated heterocycles. The summed E-state index contributed by atoms with van der Waals surface area (Å²) in [6.45, 7) is 1.51. The Labute approximate surface area is 174 Å². The molecule has 2 aliphatic heterocycles. The Balaban J connectivity index is 1.80. The molecule has 7 heteroatoms. The number of nitrogens with zero attached hydrogens (tertiary/aromatic N) is 2. The molecule has 1 fully saturated rings. The van der Waals surface area contributed by atoms with Gasteiger partial charge in [-0.3, -0.25) is 9.59 Å². The SMILES string of the molecule is COc1ccc(C2=C(N3CCCC3)C(=O)N(c3ccc(OC)c(Cl)c3)C2=O)cc1. The summed E-state index contributed by atoms with van der Waals surface area (Å²) >= 11 is 6.24. The molecule has 0 atom stereocenters. The predicted octanol–water partition coefficient (Wildman–Crippen LogP) is 3.74. The Bertz CT molecular complexity index is 994. The van der Waals surface area contributed by atoms with E-state index in [1.165, 1.54) is 12.0 Å². The quantitative estimate of drug-likeness (QED) is 0.700. The second-order valence-electron chi connectivity index (χ2n) is 6.91. The summed E-state index contributed by atoms with van der Waals surface area (Å²) < 4.78 is 10.4. The summed E-state index contributed by atoms with van der Waals surface area (Å²) in [6, 6.07) is 12.1. The second-order valence-corrected chi connectivity index (χ2v) is 7.32. The minimum absolute atomic E-state index is 0.330. The highest BCUT2D eigenvalue weighted by Gasteiger charge is 2.43. The van der Waals surface area contributed by atoms with Crippen molar-refractivity contribution in [2.45, 2.75) is 12.8 Å². The molecule has 0 saturated carbocycles. The topological polar surface area (TPSA) is 59.1 Å². The zero-order valence-corrected chi connectivity index (χ0v) is 17.0. The van der Waals surface area contributed by atoms with Gasteiger partial charge in [-0.2, -0.15) is 0 Å². The van der Waals surface area contributed by atoms with Crippen LogP contribution in [0.25, 0.3) is 5.57 Å². The third-order valence-corrected chi connectivity index (χ3v) is 5.55. The highest BCUT2D eigenvalue weighted by atomic mass is 35.5. The molecule has 6 nitrogen and oxygen atoms in total. The number of rotatable bonds is 5. The summed E-state index contributed by atoms with van der Waals surface area (Å²) in [5.74, 6) is 0.484. The van der Waals surface area contributed by atoms with Gasteiger partial charge in [-0.25, -0.2) is 4.90 Å². The Morgan fingerprint density at radius 1 is 0.897 bits per heavy atom. The molecule has 0 bridgehead atoms. The highest BCUT2D eigenvalue weighted by molar-refractivity contribution is 6.45. The maximum absolute atomic E-state index is 13.4. The normalized spacial score (nSPS) is 16.8. The molecule has 2 heterocycles.